The van der Waals surface area contributed by atoms with Gasteiger partial charge >= 0.3 is 0 Å². The van der Waals surface area contributed by atoms with Crippen molar-refractivity contribution in [2.45, 2.75) is 55.4 Å². The van der Waals surface area contributed by atoms with Gasteiger partial charge < -0.3 is 5.11 Å². The van der Waals surface area contributed by atoms with Crippen LogP contribution in [0.4, 0.5) is 0 Å². The lowest BCUT2D eigenvalue weighted by Gasteiger charge is -2.08. The summed E-state index contributed by atoms with van der Waals surface area (Å²) in [5.74, 6) is 0. The van der Waals surface area contributed by atoms with Crippen LogP contribution >= 0.6 is 0 Å². The monoisotopic (exact) mass is 378 g/mol. The summed E-state index contributed by atoms with van der Waals surface area (Å²) in [5, 5.41) is 9.05. The molecule has 2 heteroatoms. The van der Waals surface area contributed by atoms with Crippen molar-refractivity contribution in [2.24, 2.45) is 0 Å². The quantitative estimate of drug-likeness (QED) is 0.495. The minimum Gasteiger partial charge on any atom is -0.392 e. The summed E-state index contributed by atoms with van der Waals surface area (Å²) in [6, 6.07) is 12.8. The molecule has 0 spiro atoms. The zero-order chi connectivity index (χ0) is 21.4. The Morgan fingerprint density at radius 3 is 1.39 bits per heavy atom. The number of hydrogen-bond acceptors (Lipinski definition) is 2. The normalized spacial score (nSPS) is 12.5. The van der Waals surface area contributed by atoms with Crippen LogP contribution in [0.5, 0.6) is 0 Å². The van der Waals surface area contributed by atoms with Gasteiger partial charge in [0.25, 0.3) is 0 Å². The maximum Gasteiger partial charge on any atom is 0.146 e. The Morgan fingerprint density at radius 1 is 0.714 bits per heavy atom. The Balaban J connectivity index is 0.000000280. The molecule has 0 saturated heterocycles. The molecule has 0 fully saturated rings. The fourth-order valence-electron chi connectivity index (χ4n) is 3.06. The maximum atomic E-state index is 10.6. The van der Waals surface area contributed by atoms with Crippen LogP contribution < -0.4 is 0 Å². The Hall–Kier alpha value is -2.45. The first kappa shape index (κ1) is 23.6. The van der Waals surface area contributed by atoms with Crippen LogP contribution in [-0.4, -0.2) is 18.0 Å². The summed E-state index contributed by atoms with van der Waals surface area (Å²) in [6.45, 7) is 16.3. The van der Waals surface area contributed by atoms with E-state index in [-0.39, 0.29) is 6.61 Å². The molecule has 0 aliphatic rings. The van der Waals surface area contributed by atoms with Gasteiger partial charge in [-0.05, 0) is 88.8 Å². The summed E-state index contributed by atoms with van der Waals surface area (Å²) in [4.78, 5) is 10.6. The Kier molecular flexibility index (Phi) is 9.08. The summed E-state index contributed by atoms with van der Waals surface area (Å²) >= 11 is 0. The molecule has 0 aliphatic heterocycles. The molecule has 28 heavy (non-hydrogen) atoms. The standard InChI is InChI=1S/C13H18O.C13H16O/c2*1-9-5-10(2)7-13(6-9)12(4)11(3)8-14/h5-7,14H,8H2,1-4H3;5-8H,1-4H3/b2*12-11-. The zero-order valence-electron chi connectivity index (χ0n) is 18.6. The number of aliphatic hydroxyl groups excluding tert-OH is 1. The Labute approximate surface area is 170 Å². The summed E-state index contributed by atoms with van der Waals surface area (Å²) in [5.41, 5.74) is 11.4. The van der Waals surface area contributed by atoms with Crippen molar-refractivity contribution in [2.75, 3.05) is 6.61 Å². The number of benzene rings is 2. The van der Waals surface area contributed by atoms with E-state index in [1.807, 2.05) is 20.8 Å². The lowest BCUT2D eigenvalue weighted by atomic mass is 9.99. The highest BCUT2D eigenvalue weighted by Gasteiger charge is 2.02. The Bertz CT molecular complexity index is 858. The van der Waals surface area contributed by atoms with Crippen LogP contribution in [0.1, 0.15) is 61.1 Å². The third kappa shape index (κ3) is 6.94. The topological polar surface area (TPSA) is 37.3 Å². The average Bonchev–Trinajstić information content (AvgIpc) is 2.64. The van der Waals surface area contributed by atoms with E-state index in [9.17, 15) is 4.79 Å². The second-order valence-electron chi connectivity index (χ2n) is 7.74. The van der Waals surface area contributed by atoms with Crippen molar-refractivity contribution in [1.82, 2.24) is 0 Å². The lowest BCUT2D eigenvalue weighted by Crippen LogP contribution is -1.91. The van der Waals surface area contributed by atoms with Gasteiger partial charge in [-0.2, -0.15) is 0 Å². The molecule has 2 nitrogen and oxygen atoms in total. The van der Waals surface area contributed by atoms with Crippen LogP contribution in [-0.2, 0) is 4.79 Å². The molecular formula is C26H34O2. The van der Waals surface area contributed by atoms with E-state index < -0.39 is 0 Å². The van der Waals surface area contributed by atoms with Crippen molar-refractivity contribution in [3.63, 3.8) is 0 Å². The minimum absolute atomic E-state index is 0.138. The highest BCUT2D eigenvalue weighted by atomic mass is 16.3. The first-order chi connectivity index (χ1) is 13.1. The van der Waals surface area contributed by atoms with E-state index in [0.717, 1.165) is 28.6 Å². The van der Waals surface area contributed by atoms with Gasteiger partial charge in [0.2, 0.25) is 0 Å². The molecule has 1 N–H and O–H groups in total. The zero-order valence-corrected chi connectivity index (χ0v) is 18.6. The number of hydrogen-bond donors (Lipinski definition) is 1. The van der Waals surface area contributed by atoms with Crippen LogP contribution in [0.15, 0.2) is 47.5 Å². The first-order valence-electron chi connectivity index (χ1n) is 9.66. The molecule has 0 atom stereocenters. The van der Waals surface area contributed by atoms with E-state index in [1.54, 1.807) is 0 Å². The molecule has 2 aromatic rings. The molecule has 2 rings (SSSR count). The predicted molar refractivity (Wildman–Crippen MR) is 122 cm³/mol. The Morgan fingerprint density at radius 2 is 1.07 bits per heavy atom. The third-order valence-corrected chi connectivity index (χ3v) is 4.96. The maximum absolute atomic E-state index is 10.6. The number of carbonyl (C=O) groups excluding carboxylic acids is 1. The molecule has 0 radical (unpaired) electrons. The van der Waals surface area contributed by atoms with E-state index in [0.29, 0.717) is 0 Å². The van der Waals surface area contributed by atoms with Gasteiger partial charge in [-0.3, -0.25) is 4.79 Å². The van der Waals surface area contributed by atoms with Crippen LogP contribution in [0, 0.1) is 27.7 Å². The van der Waals surface area contributed by atoms with E-state index in [2.05, 4.69) is 71.0 Å². The molecule has 0 aromatic heterocycles. The lowest BCUT2D eigenvalue weighted by molar-refractivity contribution is -0.104. The highest BCUT2D eigenvalue weighted by molar-refractivity contribution is 5.86. The molecule has 0 aliphatic carbocycles. The van der Waals surface area contributed by atoms with Crippen molar-refractivity contribution < 1.29 is 9.90 Å². The highest BCUT2D eigenvalue weighted by Crippen LogP contribution is 2.21. The SMILES string of the molecule is C/C(C=O)=C(\C)c1cc(C)cc(C)c1.C/C(CO)=C(\C)c1cc(C)cc(C)c1. The third-order valence-electron chi connectivity index (χ3n) is 4.96. The van der Waals surface area contributed by atoms with Gasteiger partial charge in [-0.25, -0.2) is 0 Å². The van der Waals surface area contributed by atoms with E-state index >= 15 is 0 Å². The molecule has 0 amide bonds. The number of aliphatic hydroxyl groups is 1. The number of allylic oxidation sites excluding steroid dienone is 3. The van der Waals surface area contributed by atoms with E-state index in [1.165, 1.54) is 33.4 Å². The first-order valence-corrected chi connectivity index (χ1v) is 9.66. The minimum atomic E-state index is 0.138. The summed E-state index contributed by atoms with van der Waals surface area (Å²) < 4.78 is 0. The fourth-order valence-corrected chi connectivity index (χ4v) is 3.06. The number of aldehydes is 1. The molecule has 2 aromatic carbocycles. The number of carbonyl (C=O) groups is 1. The van der Waals surface area contributed by atoms with Gasteiger partial charge in [0.05, 0.1) is 6.61 Å². The van der Waals surface area contributed by atoms with Gasteiger partial charge in [0.15, 0.2) is 0 Å². The van der Waals surface area contributed by atoms with Crippen LogP contribution in [0.3, 0.4) is 0 Å². The van der Waals surface area contributed by atoms with Crippen molar-refractivity contribution in [3.8, 4) is 0 Å². The average molecular weight is 379 g/mol. The predicted octanol–water partition coefficient (Wildman–Crippen LogP) is 6.38. The van der Waals surface area contributed by atoms with Gasteiger partial charge in [0.1, 0.15) is 6.29 Å². The van der Waals surface area contributed by atoms with Crippen molar-refractivity contribution in [3.05, 3.63) is 80.9 Å². The number of rotatable bonds is 4. The van der Waals surface area contributed by atoms with Crippen LogP contribution in [0.25, 0.3) is 11.1 Å². The molecule has 0 unspecified atom stereocenters. The second kappa shape index (κ2) is 10.8. The molecule has 0 heterocycles. The summed E-state index contributed by atoms with van der Waals surface area (Å²) in [7, 11) is 0. The van der Waals surface area contributed by atoms with Gasteiger partial charge in [0, 0.05) is 0 Å². The summed E-state index contributed by atoms with van der Waals surface area (Å²) in [6.07, 6.45) is 0.910. The molecule has 150 valence electrons. The fraction of sp³-hybridized carbons (Fsp3) is 0.346. The van der Waals surface area contributed by atoms with E-state index in [4.69, 9.17) is 5.11 Å². The molecule has 0 saturated carbocycles. The van der Waals surface area contributed by atoms with Crippen molar-refractivity contribution >= 4 is 17.4 Å². The van der Waals surface area contributed by atoms with Gasteiger partial charge in [-0.15, -0.1) is 0 Å². The largest absolute Gasteiger partial charge is 0.392 e. The number of aryl methyl sites for hydroxylation is 4. The van der Waals surface area contributed by atoms with Gasteiger partial charge in [-0.1, -0.05) is 58.7 Å². The molecular weight excluding hydrogens is 344 g/mol. The second-order valence-corrected chi connectivity index (χ2v) is 7.74. The molecule has 0 bridgehead atoms. The van der Waals surface area contributed by atoms with Crippen molar-refractivity contribution in [1.29, 1.82) is 0 Å². The van der Waals surface area contributed by atoms with Crippen LogP contribution in [0.2, 0.25) is 0 Å². The smallest absolute Gasteiger partial charge is 0.146 e.